The van der Waals surface area contributed by atoms with Crippen LogP contribution in [-0.4, -0.2) is 31.7 Å². The summed E-state index contributed by atoms with van der Waals surface area (Å²) in [6.07, 6.45) is -0.138. The summed E-state index contributed by atoms with van der Waals surface area (Å²) < 4.78 is 23.0. The number of hydrogen-bond acceptors (Lipinski definition) is 5. The van der Waals surface area contributed by atoms with E-state index < -0.39 is 21.5 Å². The highest BCUT2D eigenvalue weighted by atomic mass is 32.2. The molecule has 0 aliphatic carbocycles. The smallest absolute Gasteiger partial charge is 0.239 e. The Kier molecular flexibility index (Phi) is 5.87. The highest BCUT2D eigenvalue weighted by Gasteiger charge is 2.16. The molecule has 1 rings (SSSR count). The minimum atomic E-state index is -3.58. The summed E-state index contributed by atoms with van der Waals surface area (Å²) in [6.45, 7) is 1.38. The number of rotatable bonds is 6. The number of carbonyl (C=O) groups excluding carboxylic acids is 2. The van der Waals surface area contributed by atoms with Crippen LogP contribution in [0.3, 0.4) is 0 Å². The van der Waals surface area contributed by atoms with Crippen molar-refractivity contribution in [2.45, 2.75) is 13.3 Å². The van der Waals surface area contributed by atoms with E-state index in [9.17, 15) is 18.0 Å². The Morgan fingerprint density at radius 2 is 1.67 bits per heavy atom. The molecule has 0 heterocycles. The Morgan fingerprint density at radius 1 is 1.14 bits per heavy atom. The molecule has 0 fully saturated rings. The number of amides is 2. The van der Waals surface area contributed by atoms with Crippen molar-refractivity contribution in [1.29, 1.82) is 5.26 Å². The molecular weight excluding hydrogens is 294 g/mol. The zero-order chi connectivity index (χ0) is 15.9. The quantitative estimate of drug-likeness (QED) is 0.810. The third-order valence-corrected chi connectivity index (χ3v) is 3.89. The molecule has 21 heavy (non-hydrogen) atoms. The van der Waals surface area contributed by atoms with Gasteiger partial charge < -0.3 is 10.6 Å². The molecule has 0 unspecified atom stereocenters. The molecule has 0 radical (unpaired) electrons. The van der Waals surface area contributed by atoms with E-state index in [4.69, 9.17) is 5.26 Å². The molecule has 8 heteroatoms. The van der Waals surface area contributed by atoms with Crippen LogP contribution in [0.25, 0.3) is 0 Å². The Labute approximate surface area is 122 Å². The van der Waals surface area contributed by atoms with Gasteiger partial charge >= 0.3 is 0 Å². The summed E-state index contributed by atoms with van der Waals surface area (Å²) in [5.74, 6) is -1.88. The largest absolute Gasteiger partial charge is 0.326 e. The molecule has 0 aliphatic rings. The molecule has 0 saturated carbocycles. The second-order valence-corrected chi connectivity index (χ2v) is 6.49. The van der Waals surface area contributed by atoms with Crippen LogP contribution >= 0.6 is 0 Å². The Balaban J connectivity index is 2.59. The number of hydrogen-bond donors (Lipinski definition) is 2. The van der Waals surface area contributed by atoms with Crippen molar-refractivity contribution in [3.8, 4) is 6.07 Å². The SMILES string of the molecule is CC(=O)Nc1ccc(NC(=O)CS(=O)(=O)CCC#N)cc1. The maximum atomic E-state index is 11.6. The molecule has 0 spiro atoms. The second-order valence-electron chi connectivity index (χ2n) is 4.31. The van der Waals surface area contributed by atoms with Crippen LogP contribution in [-0.2, 0) is 19.4 Å². The molecule has 7 nitrogen and oxygen atoms in total. The lowest BCUT2D eigenvalue weighted by atomic mass is 10.3. The van der Waals surface area contributed by atoms with Crippen LogP contribution < -0.4 is 10.6 Å². The minimum Gasteiger partial charge on any atom is -0.326 e. The average Bonchev–Trinajstić information content (AvgIpc) is 2.37. The minimum absolute atomic E-state index is 0.138. The van der Waals surface area contributed by atoms with Gasteiger partial charge in [-0.25, -0.2) is 8.42 Å². The summed E-state index contributed by atoms with van der Waals surface area (Å²) in [6, 6.07) is 7.99. The summed E-state index contributed by atoms with van der Waals surface area (Å²) in [4.78, 5) is 22.5. The lowest BCUT2D eigenvalue weighted by Gasteiger charge is -2.07. The van der Waals surface area contributed by atoms with E-state index in [1.165, 1.54) is 6.92 Å². The topological polar surface area (TPSA) is 116 Å². The van der Waals surface area contributed by atoms with Crippen LogP contribution in [0.15, 0.2) is 24.3 Å². The van der Waals surface area contributed by atoms with Gasteiger partial charge in [-0.05, 0) is 24.3 Å². The third-order valence-electron chi connectivity index (χ3n) is 2.36. The molecule has 0 saturated heterocycles. The van der Waals surface area contributed by atoms with E-state index in [1.807, 2.05) is 0 Å². The maximum absolute atomic E-state index is 11.6. The summed E-state index contributed by atoms with van der Waals surface area (Å²) in [7, 11) is -3.58. The van der Waals surface area contributed by atoms with Gasteiger partial charge in [0.2, 0.25) is 11.8 Å². The maximum Gasteiger partial charge on any atom is 0.239 e. The van der Waals surface area contributed by atoms with Crippen LogP contribution in [0.4, 0.5) is 11.4 Å². The van der Waals surface area contributed by atoms with Crippen LogP contribution in [0, 0.1) is 11.3 Å². The second kappa shape index (κ2) is 7.40. The van der Waals surface area contributed by atoms with Crippen molar-refractivity contribution in [3.05, 3.63) is 24.3 Å². The van der Waals surface area contributed by atoms with E-state index in [2.05, 4.69) is 10.6 Å². The van der Waals surface area contributed by atoms with Crippen molar-refractivity contribution >= 4 is 33.0 Å². The van der Waals surface area contributed by atoms with Crippen molar-refractivity contribution < 1.29 is 18.0 Å². The molecule has 112 valence electrons. The van der Waals surface area contributed by atoms with Gasteiger partial charge in [-0.2, -0.15) is 5.26 Å². The van der Waals surface area contributed by atoms with Gasteiger partial charge in [0.05, 0.1) is 11.8 Å². The fourth-order valence-electron chi connectivity index (χ4n) is 1.51. The van der Waals surface area contributed by atoms with E-state index in [0.29, 0.717) is 11.4 Å². The molecular formula is C13H15N3O4S. The zero-order valence-electron chi connectivity index (χ0n) is 11.4. The standard InChI is InChI=1S/C13H15N3O4S/c1-10(17)15-11-3-5-12(6-4-11)16-13(18)9-21(19,20)8-2-7-14/h3-6H,2,8-9H2,1H3,(H,15,17)(H,16,18). The fraction of sp³-hybridized carbons (Fsp3) is 0.308. The van der Waals surface area contributed by atoms with Crippen LogP contribution in [0.2, 0.25) is 0 Å². The lowest BCUT2D eigenvalue weighted by Crippen LogP contribution is -2.24. The summed E-state index contributed by atoms with van der Waals surface area (Å²) >= 11 is 0. The van der Waals surface area contributed by atoms with Crippen molar-refractivity contribution in [2.24, 2.45) is 0 Å². The molecule has 1 aromatic carbocycles. The first-order chi connectivity index (χ1) is 9.82. The van der Waals surface area contributed by atoms with Gasteiger partial charge in [0.1, 0.15) is 5.75 Å². The molecule has 0 bridgehead atoms. The van der Waals surface area contributed by atoms with E-state index in [-0.39, 0.29) is 18.1 Å². The molecule has 1 aromatic rings. The Hall–Kier alpha value is -2.40. The first kappa shape index (κ1) is 16.7. The summed E-state index contributed by atoms with van der Waals surface area (Å²) in [5, 5.41) is 13.4. The number of carbonyl (C=O) groups is 2. The Bertz CT molecular complexity index is 660. The first-order valence-electron chi connectivity index (χ1n) is 6.07. The fourth-order valence-corrected chi connectivity index (χ4v) is 2.53. The van der Waals surface area contributed by atoms with Gasteiger partial charge in [0.25, 0.3) is 0 Å². The van der Waals surface area contributed by atoms with Gasteiger partial charge in [0.15, 0.2) is 9.84 Å². The number of sulfone groups is 1. The monoisotopic (exact) mass is 309 g/mol. The van der Waals surface area contributed by atoms with E-state index in [1.54, 1.807) is 30.3 Å². The predicted octanol–water partition coefficient (Wildman–Crippen LogP) is 0.912. The number of benzene rings is 1. The third kappa shape index (κ3) is 6.54. The Morgan fingerprint density at radius 3 is 2.14 bits per heavy atom. The average molecular weight is 309 g/mol. The lowest BCUT2D eigenvalue weighted by molar-refractivity contribution is -0.114. The van der Waals surface area contributed by atoms with Gasteiger partial charge in [-0.1, -0.05) is 0 Å². The number of anilines is 2. The van der Waals surface area contributed by atoms with Crippen molar-refractivity contribution in [3.63, 3.8) is 0 Å². The predicted molar refractivity (Wildman–Crippen MR) is 78.3 cm³/mol. The van der Waals surface area contributed by atoms with Crippen molar-refractivity contribution in [2.75, 3.05) is 22.1 Å². The number of nitrogens with one attached hydrogen (secondary N) is 2. The van der Waals surface area contributed by atoms with Gasteiger partial charge in [-0.3, -0.25) is 9.59 Å². The zero-order valence-corrected chi connectivity index (χ0v) is 12.2. The first-order valence-corrected chi connectivity index (χ1v) is 7.89. The van der Waals surface area contributed by atoms with Gasteiger partial charge in [-0.15, -0.1) is 0 Å². The van der Waals surface area contributed by atoms with Gasteiger partial charge in [0, 0.05) is 24.7 Å². The molecule has 2 amide bonds. The molecule has 2 N–H and O–H groups in total. The van der Waals surface area contributed by atoms with Crippen LogP contribution in [0.5, 0.6) is 0 Å². The van der Waals surface area contributed by atoms with Crippen molar-refractivity contribution in [1.82, 2.24) is 0 Å². The molecule has 0 atom stereocenters. The highest BCUT2D eigenvalue weighted by molar-refractivity contribution is 7.92. The highest BCUT2D eigenvalue weighted by Crippen LogP contribution is 2.13. The number of nitrogens with zero attached hydrogens (tertiary/aromatic N) is 1. The number of nitriles is 1. The summed E-state index contributed by atoms with van der Waals surface area (Å²) in [5.41, 5.74) is 0.992. The normalized spacial score (nSPS) is 10.5. The van der Waals surface area contributed by atoms with E-state index >= 15 is 0 Å². The molecule has 0 aliphatic heterocycles. The van der Waals surface area contributed by atoms with Crippen LogP contribution in [0.1, 0.15) is 13.3 Å². The molecule has 0 aromatic heterocycles. The van der Waals surface area contributed by atoms with E-state index in [0.717, 1.165) is 0 Å².